The molecule has 0 amide bonds. The average Bonchev–Trinajstić information content (AvgIpc) is 2.91. The van der Waals surface area contributed by atoms with Gasteiger partial charge in [-0.05, 0) is 29.8 Å². The van der Waals surface area contributed by atoms with Crippen molar-refractivity contribution in [1.29, 1.82) is 0 Å². The predicted octanol–water partition coefficient (Wildman–Crippen LogP) is 0.734. The van der Waals surface area contributed by atoms with Gasteiger partial charge in [-0.1, -0.05) is 24.3 Å². The molecule has 3 N–H and O–H groups in total. The van der Waals surface area contributed by atoms with E-state index < -0.39 is 21.7 Å². The van der Waals surface area contributed by atoms with Crippen molar-refractivity contribution in [1.82, 2.24) is 9.62 Å². The summed E-state index contributed by atoms with van der Waals surface area (Å²) in [4.78, 5) is 0.140. The second kappa shape index (κ2) is 8.52. The molecular formula is C21H26N2O6S. The van der Waals surface area contributed by atoms with E-state index in [1.807, 2.05) is 18.2 Å². The highest BCUT2D eigenvalue weighted by Crippen LogP contribution is 2.31. The summed E-state index contributed by atoms with van der Waals surface area (Å²) < 4.78 is 38.0. The lowest BCUT2D eigenvalue weighted by Gasteiger charge is -2.26. The van der Waals surface area contributed by atoms with E-state index in [9.17, 15) is 18.6 Å². The quantitative estimate of drug-likeness (QED) is 0.615. The second-order valence-electron chi connectivity index (χ2n) is 7.67. The molecule has 2 aromatic carbocycles. The third-order valence-corrected chi connectivity index (χ3v) is 7.23. The lowest BCUT2D eigenvalue weighted by Crippen LogP contribution is -2.50. The standard InChI is InChI=1S/C21H26N2O6S/c24-20-13-23(30(26,27)17-5-2-1-3-6-17)15-21(20,25)14-22-12-16-7-8-18-19(11-16)29-10-4-9-28-18/h1-3,5-8,11,20,22,24-25H,4,9-10,12-15H2/t20-,21+/m1/s1. The van der Waals surface area contributed by atoms with Crippen molar-refractivity contribution in [2.24, 2.45) is 0 Å². The molecule has 4 rings (SSSR count). The molecule has 2 heterocycles. The van der Waals surface area contributed by atoms with Crippen LogP contribution in [0.2, 0.25) is 0 Å². The number of aliphatic hydroxyl groups excluding tert-OH is 1. The highest BCUT2D eigenvalue weighted by atomic mass is 32.2. The molecule has 30 heavy (non-hydrogen) atoms. The normalized spacial score (nSPS) is 24.5. The fraction of sp³-hybridized carbons (Fsp3) is 0.429. The molecule has 162 valence electrons. The van der Waals surface area contributed by atoms with Crippen LogP contribution in [0.3, 0.4) is 0 Å². The van der Waals surface area contributed by atoms with Gasteiger partial charge in [-0.3, -0.25) is 0 Å². The Morgan fingerprint density at radius 1 is 1.10 bits per heavy atom. The van der Waals surface area contributed by atoms with Gasteiger partial charge in [-0.15, -0.1) is 0 Å². The maximum atomic E-state index is 12.8. The van der Waals surface area contributed by atoms with Gasteiger partial charge >= 0.3 is 0 Å². The molecule has 1 fully saturated rings. The number of hydrogen-bond acceptors (Lipinski definition) is 7. The fourth-order valence-electron chi connectivity index (χ4n) is 3.68. The Morgan fingerprint density at radius 2 is 1.83 bits per heavy atom. The Balaban J connectivity index is 1.38. The number of nitrogens with one attached hydrogen (secondary N) is 1. The largest absolute Gasteiger partial charge is 0.490 e. The van der Waals surface area contributed by atoms with Gasteiger partial charge in [0.05, 0.1) is 24.2 Å². The summed E-state index contributed by atoms with van der Waals surface area (Å²) in [5.74, 6) is 1.40. The molecular weight excluding hydrogens is 408 g/mol. The molecule has 0 bridgehead atoms. The van der Waals surface area contributed by atoms with Gasteiger partial charge in [-0.25, -0.2) is 8.42 Å². The van der Waals surface area contributed by atoms with Crippen molar-refractivity contribution in [3.8, 4) is 11.5 Å². The van der Waals surface area contributed by atoms with E-state index in [1.165, 1.54) is 12.1 Å². The number of sulfonamides is 1. The molecule has 0 radical (unpaired) electrons. The molecule has 0 aliphatic carbocycles. The highest BCUT2D eigenvalue weighted by Gasteiger charge is 2.48. The molecule has 2 aromatic rings. The van der Waals surface area contributed by atoms with Crippen LogP contribution in [0.5, 0.6) is 11.5 Å². The molecule has 0 spiro atoms. The smallest absolute Gasteiger partial charge is 0.243 e. The van der Waals surface area contributed by atoms with Gasteiger partial charge in [-0.2, -0.15) is 4.31 Å². The summed E-state index contributed by atoms with van der Waals surface area (Å²) in [5.41, 5.74) is -0.642. The number of fused-ring (bicyclic) bond motifs is 1. The van der Waals surface area contributed by atoms with Crippen LogP contribution in [0.4, 0.5) is 0 Å². The average molecular weight is 435 g/mol. The van der Waals surface area contributed by atoms with E-state index in [2.05, 4.69) is 5.32 Å². The second-order valence-corrected chi connectivity index (χ2v) is 9.60. The van der Waals surface area contributed by atoms with Crippen LogP contribution in [-0.4, -0.2) is 67.5 Å². The molecule has 0 unspecified atom stereocenters. The van der Waals surface area contributed by atoms with Crippen LogP contribution in [0, 0.1) is 0 Å². The first-order valence-electron chi connectivity index (χ1n) is 9.93. The maximum Gasteiger partial charge on any atom is 0.243 e. The van der Waals surface area contributed by atoms with E-state index in [0.717, 1.165) is 16.3 Å². The Hall–Kier alpha value is -2.17. The van der Waals surface area contributed by atoms with Gasteiger partial charge in [0.2, 0.25) is 10.0 Å². The minimum Gasteiger partial charge on any atom is -0.490 e. The Bertz CT molecular complexity index is 984. The first-order chi connectivity index (χ1) is 14.4. The molecule has 0 aromatic heterocycles. The molecule has 2 atom stereocenters. The van der Waals surface area contributed by atoms with Gasteiger partial charge in [0.25, 0.3) is 0 Å². The molecule has 2 aliphatic heterocycles. The number of benzene rings is 2. The summed E-state index contributed by atoms with van der Waals surface area (Å²) in [7, 11) is -3.78. The maximum absolute atomic E-state index is 12.8. The van der Waals surface area contributed by atoms with Crippen LogP contribution in [0.25, 0.3) is 0 Å². The number of nitrogens with zero attached hydrogens (tertiary/aromatic N) is 1. The zero-order chi connectivity index (χ0) is 21.2. The first-order valence-corrected chi connectivity index (χ1v) is 11.4. The lowest BCUT2D eigenvalue weighted by molar-refractivity contribution is -0.0384. The molecule has 8 nitrogen and oxygen atoms in total. The fourth-order valence-corrected chi connectivity index (χ4v) is 5.21. The topological polar surface area (TPSA) is 108 Å². The van der Waals surface area contributed by atoms with E-state index in [1.54, 1.807) is 18.2 Å². The number of aliphatic hydroxyl groups is 2. The SMILES string of the molecule is O=S(=O)(c1ccccc1)N1C[C@@H](O)[C@](O)(CNCc2ccc3c(c2)OCCCO3)C1. The van der Waals surface area contributed by atoms with Crippen LogP contribution in [0.15, 0.2) is 53.4 Å². The number of hydrogen-bond donors (Lipinski definition) is 3. The van der Waals surface area contributed by atoms with Crippen molar-refractivity contribution in [3.63, 3.8) is 0 Å². The minimum atomic E-state index is -3.78. The third-order valence-electron chi connectivity index (χ3n) is 5.40. The third kappa shape index (κ3) is 4.30. The molecule has 2 aliphatic rings. The summed E-state index contributed by atoms with van der Waals surface area (Å²) in [6, 6.07) is 13.7. The highest BCUT2D eigenvalue weighted by molar-refractivity contribution is 7.89. The van der Waals surface area contributed by atoms with Gasteiger partial charge in [0.15, 0.2) is 11.5 Å². The number of ether oxygens (including phenoxy) is 2. The number of rotatable bonds is 6. The van der Waals surface area contributed by atoms with E-state index in [0.29, 0.717) is 31.3 Å². The van der Waals surface area contributed by atoms with Crippen molar-refractivity contribution in [2.75, 3.05) is 32.8 Å². The first kappa shape index (κ1) is 21.1. The zero-order valence-corrected chi connectivity index (χ0v) is 17.3. The molecule has 9 heteroatoms. The van der Waals surface area contributed by atoms with Crippen LogP contribution in [0.1, 0.15) is 12.0 Å². The zero-order valence-electron chi connectivity index (χ0n) is 16.5. The van der Waals surface area contributed by atoms with Crippen molar-refractivity contribution >= 4 is 10.0 Å². The van der Waals surface area contributed by atoms with Gasteiger partial charge in [0, 0.05) is 32.6 Å². The summed E-state index contributed by atoms with van der Waals surface area (Å²) in [5, 5.41) is 24.4. The number of β-amino-alcohol motifs (C(OH)–C–C–N with tert-alkyl or cyclic N) is 2. The lowest BCUT2D eigenvalue weighted by atomic mass is 10.0. The Labute approximate surface area is 176 Å². The molecule has 0 saturated carbocycles. The summed E-state index contributed by atoms with van der Waals surface area (Å²) in [6.45, 7) is 1.36. The predicted molar refractivity (Wildman–Crippen MR) is 110 cm³/mol. The minimum absolute atomic E-state index is 0.0451. The van der Waals surface area contributed by atoms with Gasteiger partial charge in [0.1, 0.15) is 5.60 Å². The summed E-state index contributed by atoms with van der Waals surface area (Å²) >= 11 is 0. The van der Waals surface area contributed by atoms with Crippen molar-refractivity contribution in [3.05, 3.63) is 54.1 Å². The van der Waals surface area contributed by atoms with Crippen molar-refractivity contribution < 1.29 is 28.1 Å². The van der Waals surface area contributed by atoms with Crippen molar-refractivity contribution in [2.45, 2.75) is 29.6 Å². The Kier molecular flexibility index (Phi) is 5.99. The van der Waals surface area contributed by atoms with E-state index in [4.69, 9.17) is 9.47 Å². The monoisotopic (exact) mass is 434 g/mol. The summed E-state index contributed by atoms with van der Waals surface area (Å²) in [6.07, 6.45) is -0.359. The van der Waals surface area contributed by atoms with Crippen LogP contribution >= 0.6 is 0 Å². The Morgan fingerprint density at radius 3 is 2.60 bits per heavy atom. The van der Waals surface area contributed by atoms with Crippen LogP contribution < -0.4 is 14.8 Å². The van der Waals surface area contributed by atoms with E-state index >= 15 is 0 Å². The van der Waals surface area contributed by atoms with Crippen LogP contribution in [-0.2, 0) is 16.6 Å². The molecule has 1 saturated heterocycles. The van der Waals surface area contributed by atoms with Gasteiger partial charge < -0.3 is 25.0 Å². The van der Waals surface area contributed by atoms with E-state index in [-0.39, 0.29) is 24.5 Å².